The molecule has 0 aliphatic heterocycles. The standard InChI is InChI=1S/C66H109O11P/c1-4-7-10-13-16-19-22-25-28-30-31-33-36-39-42-45-48-51-54-57-66(70)77-63(59-73-64(68)55-52-49-46-43-40-37-34-27-24-21-18-15-12-9-6-3)61-75-78(71,72)74-60-62(58-67)76-65(69)56-53-50-47-44-41-38-35-32-29-26-23-20-17-14-11-8-5-2/h7-8,10-11,16-17,19-20,25-26,28-29,31,33,35,38-39,42,44,47,62-63,67H,4-6,9,12-15,18,21-24,27,30,32,34,36-37,40-41,43,45-46,48-61H2,1-3H3,(H,71,72)/b10-7-,11-8-,19-16-,20-17-,28-25-,29-26-,33-31-,38-35-,42-39-,47-44-. The fourth-order valence-electron chi connectivity index (χ4n) is 7.83. The Balaban J connectivity index is 4.84. The van der Waals surface area contributed by atoms with Gasteiger partial charge in [-0.05, 0) is 103 Å². The van der Waals surface area contributed by atoms with Crippen LogP contribution in [0.3, 0.4) is 0 Å². The van der Waals surface area contributed by atoms with Gasteiger partial charge in [0.15, 0.2) is 6.10 Å². The first kappa shape index (κ1) is 73.9. The van der Waals surface area contributed by atoms with Crippen LogP contribution in [0, 0.1) is 0 Å². The summed E-state index contributed by atoms with van der Waals surface area (Å²) >= 11 is 0. The molecule has 444 valence electrons. The van der Waals surface area contributed by atoms with E-state index in [9.17, 15) is 28.9 Å². The molecule has 0 saturated heterocycles. The topological polar surface area (TPSA) is 155 Å². The Bertz CT molecular complexity index is 1770. The Morgan fingerprint density at radius 1 is 0.372 bits per heavy atom. The molecule has 78 heavy (non-hydrogen) atoms. The van der Waals surface area contributed by atoms with E-state index in [1.807, 2.05) is 12.2 Å². The minimum atomic E-state index is -4.78. The zero-order chi connectivity index (χ0) is 56.9. The van der Waals surface area contributed by atoms with Crippen LogP contribution in [0.1, 0.15) is 239 Å². The van der Waals surface area contributed by atoms with Crippen LogP contribution in [0.2, 0.25) is 0 Å². The smallest absolute Gasteiger partial charge is 0.462 e. The number of carbonyl (C=O) groups is 3. The van der Waals surface area contributed by atoms with Gasteiger partial charge in [0.1, 0.15) is 12.7 Å². The second kappa shape index (κ2) is 59.0. The average Bonchev–Trinajstić information content (AvgIpc) is 3.43. The molecular formula is C66H109O11P. The molecule has 0 aromatic heterocycles. The summed E-state index contributed by atoms with van der Waals surface area (Å²) in [5.41, 5.74) is 0. The van der Waals surface area contributed by atoms with Crippen molar-refractivity contribution >= 4 is 25.7 Å². The predicted molar refractivity (Wildman–Crippen MR) is 325 cm³/mol. The van der Waals surface area contributed by atoms with Crippen molar-refractivity contribution in [3.8, 4) is 0 Å². The lowest BCUT2D eigenvalue weighted by atomic mass is 10.0. The predicted octanol–water partition coefficient (Wildman–Crippen LogP) is 18.4. The normalized spacial score (nSPS) is 14.2. The van der Waals surface area contributed by atoms with Crippen molar-refractivity contribution in [2.75, 3.05) is 26.4 Å². The summed E-state index contributed by atoms with van der Waals surface area (Å²) in [6, 6.07) is 0. The summed E-state index contributed by atoms with van der Waals surface area (Å²) in [5.74, 6) is -1.57. The van der Waals surface area contributed by atoms with Gasteiger partial charge in [0.2, 0.25) is 0 Å². The van der Waals surface area contributed by atoms with E-state index in [2.05, 4.69) is 130 Å². The van der Waals surface area contributed by atoms with E-state index in [1.165, 1.54) is 70.6 Å². The van der Waals surface area contributed by atoms with Crippen LogP contribution in [0.15, 0.2) is 122 Å². The van der Waals surface area contributed by atoms with Crippen molar-refractivity contribution in [1.29, 1.82) is 0 Å². The number of rotatable bonds is 55. The SMILES string of the molecule is CC/C=C\C/C=C\C/C=C\C/C=C\C/C=C\CCCCCC(=O)OC(COC(=O)CCCCCCCCCCCCCCCCC)COP(=O)(O)OCC(CO)OC(=O)CCC/C=C\C/C=C\C/C=C\C/C=C\C/C=C\CC. The van der Waals surface area contributed by atoms with E-state index in [1.54, 1.807) is 0 Å². The fourth-order valence-corrected chi connectivity index (χ4v) is 8.61. The number of hydrogen-bond acceptors (Lipinski definition) is 10. The number of aliphatic hydroxyl groups is 1. The quantitative estimate of drug-likeness (QED) is 0.0197. The van der Waals surface area contributed by atoms with Crippen LogP contribution in [0.4, 0.5) is 0 Å². The molecule has 0 aliphatic rings. The molecular weight excluding hydrogens is 1000 g/mol. The number of carbonyl (C=O) groups excluding carboxylic acids is 3. The third-order valence-electron chi connectivity index (χ3n) is 12.4. The zero-order valence-corrected chi connectivity index (χ0v) is 50.0. The lowest BCUT2D eigenvalue weighted by Gasteiger charge is -2.21. The Morgan fingerprint density at radius 2 is 0.679 bits per heavy atom. The molecule has 11 nitrogen and oxygen atoms in total. The van der Waals surface area contributed by atoms with E-state index < -0.39 is 57.8 Å². The fraction of sp³-hybridized carbons (Fsp3) is 0.652. The number of allylic oxidation sites excluding steroid dienone is 20. The van der Waals surface area contributed by atoms with Crippen LogP contribution in [-0.2, 0) is 42.2 Å². The summed E-state index contributed by atoms with van der Waals surface area (Å²) in [6.07, 6.45) is 73.0. The first-order valence-electron chi connectivity index (χ1n) is 30.4. The van der Waals surface area contributed by atoms with Gasteiger partial charge in [-0.25, -0.2) is 4.57 Å². The minimum Gasteiger partial charge on any atom is -0.462 e. The van der Waals surface area contributed by atoms with Gasteiger partial charge in [-0.15, -0.1) is 0 Å². The number of esters is 3. The van der Waals surface area contributed by atoms with Gasteiger partial charge in [-0.2, -0.15) is 0 Å². The second-order valence-corrected chi connectivity index (χ2v) is 21.2. The van der Waals surface area contributed by atoms with Crippen molar-refractivity contribution in [1.82, 2.24) is 0 Å². The maximum Gasteiger partial charge on any atom is 0.472 e. The molecule has 0 aliphatic carbocycles. The molecule has 0 aromatic rings. The number of phosphoric ester groups is 1. The van der Waals surface area contributed by atoms with Gasteiger partial charge < -0.3 is 24.2 Å². The van der Waals surface area contributed by atoms with Crippen molar-refractivity contribution in [3.05, 3.63) is 122 Å². The molecule has 0 spiro atoms. The molecule has 0 amide bonds. The van der Waals surface area contributed by atoms with E-state index in [-0.39, 0.29) is 25.9 Å². The summed E-state index contributed by atoms with van der Waals surface area (Å²) < 4.78 is 39.5. The van der Waals surface area contributed by atoms with E-state index in [0.29, 0.717) is 25.7 Å². The van der Waals surface area contributed by atoms with Gasteiger partial charge in [0.25, 0.3) is 0 Å². The Kier molecular flexibility index (Phi) is 55.9. The molecule has 0 radical (unpaired) electrons. The van der Waals surface area contributed by atoms with Gasteiger partial charge in [-0.3, -0.25) is 23.4 Å². The molecule has 0 rings (SSSR count). The van der Waals surface area contributed by atoms with Gasteiger partial charge >= 0.3 is 25.7 Å². The molecule has 0 fully saturated rings. The summed E-state index contributed by atoms with van der Waals surface area (Å²) in [7, 11) is -4.78. The van der Waals surface area contributed by atoms with Crippen LogP contribution >= 0.6 is 7.82 Å². The van der Waals surface area contributed by atoms with Crippen LogP contribution < -0.4 is 0 Å². The van der Waals surface area contributed by atoms with Gasteiger partial charge in [-0.1, -0.05) is 239 Å². The summed E-state index contributed by atoms with van der Waals surface area (Å²) in [4.78, 5) is 48.6. The number of aliphatic hydroxyl groups excluding tert-OH is 1. The third-order valence-corrected chi connectivity index (χ3v) is 13.3. The molecule has 3 atom stereocenters. The Hall–Kier alpha value is -4.12. The summed E-state index contributed by atoms with van der Waals surface area (Å²) in [6.45, 7) is 4.32. The first-order chi connectivity index (χ1) is 38.2. The third kappa shape index (κ3) is 56.6. The molecule has 0 saturated carbocycles. The Labute approximate surface area is 475 Å². The van der Waals surface area contributed by atoms with Gasteiger partial charge in [0, 0.05) is 19.3 Å². The molecule has 0 heterocycles. The monoisotopic (exact) mass is 1110 g/mol. The molecule has 0 aromatic carbocycles. The van der Waals surface area contributed by atoms with Crippen LogP contribution in [0.25, 0.3) is 0 Å². The molecule has 0 bridgehead atoms. The number of unbranched alkanes of at least 4 members (excludes halogenated alkanes) is 18. The maximum absolute atomic E-state index is 12.9. The number of ether oxygens (including phenoxy) is 3. The molecule has 12 heteroatoms. The lowest BCUT2D eigenvalue weighted by Crippen LogP contribution is -2.30. The highest BCUT2D eigenvalue weighted by Crippen LogP contribution is 2.43. The zero-order valence-electron chi connectivity index (χ0n) is 49.1. The maximum atomic E-state index is 12.9. The number of phosphoric acid groups is 1. The van der Waals surface area contributed by atoms with E-state index in [4.69, 9.17) is 23.3 Å². The van der Waals surface area contributed by atoms with Crippen LogP contribution in [0.5, 0.6) is 0 Å². The van der Waals surface area contributed by atoms with Crippen molar-refractivity contribution < 1.29 is 52.2 Å². The second-order valence-electron chi connectivity index (χ2n) is 19.8. The minimum absolute atomic E-state index is 0.0909. The molecule has 3 unspecified atom stereocenters. The van der Waals surface area contributed by atoms with Gasteiger partial charge in [0.05, 0.1) is 19.8 Å². The summed E-state index contributed by atoms with van der Waals surface area (Å²) in [5, 5.41) is 9.83. The Morgan fingerprint density at radius 3 is 1.08 bits per heavy atom. The molecule has 2 N–H and O–H groups in total. The average molecular weight is 1110 g/mol. The van der Waals surface area contributed by atoms with Crippen molar-refractivity contribution in [2.45, 2.75) is 251 Å². The van der Waals surface area contributed by atoms with E-state index in [0.717, 1.165) is 103 Å². The highest BCUT2D eigenvalue weighted by molar-refractivity contribution is 7.47. The highest BCUT2D eigenvalue weighted by atomic mass is 31.2. The van der Waals surface area contributed by atoms with Crippen LogP contribution in [-0.4, -0.2) is 66.5 Å². The van der Waals surface area contributed by atoms with E-state index >= 15 is 0 Å². The first-order valence-corrected chi connectivity index (χ1v) is 31.9. The van der Waals surface area contributed by atoms with Crippen molar-refractivity contribution in [3.63, 3.8) is 0 Å². The highest BCUT2D eigenvalue weighted by Gasteiger charge is 2.28. The largest absolute Gasteiger partial charge is 0.472 e. The van der Waals surface area contributed by atoms with Crippen molar-refractivity contribution in [2.24, 2.45) is 0 Å². The number of hydrogen-bond donors (Lipinski definition) is 2. The lowest BCUT2D eigenvalue weighted by molar-refractivity contribution is -0.161.